The van der Waals surface area contributed by atoms with Gasteiger partial charge in [-0.2, -0.15) is 0 Å². The number of hydrogen-bond donors (Lipinski definition) is 2. The molecule has 0 aliphatic heterocycles. The number of nitrogens with one attached hydrogen (secondary N) is 2. The second kappa shape index (κ2) is 8.73. The molecule has 2 N–H and O–H groups in total. The summed E-state index contributed by atoms with van der Waals surface area (Å²) in [5, 5.41) is 14.8. The molecule has 0 radical (unpaired) electrons. The quantitative estimate of drug-likeness (QED) is 0.579. The van der Waals surface area contributed by atoms with Crippen molar-refractivity contribution in [3.8, 4) is 0 Å². The van der Waals surface area contributed by atoms with E-state index in [0.717, 1.165) is 30.7 Å². The molecular weight excluding hydrogens is 278 g/mol. The third kappa shape index (κ3) is 5.29. The lowest BCUT2D eigenvalue weighted by atomic mass is 10.2. The number of hydrogen-bond acceptors (Lipinski definition) is 4. The third-order valence-corrected chi connectivity index (χ3v) is 3.81. The van der Waals surface area contributed by atoms with Gasteiger partial charge in [0.15, 0.2) is 11.8 Å². The first kappa shape index (κ1) is 18.4. The van der Waals surface area contributed by atoms with E-state index in [0.29, 0.717) is 18.6 Å². The van der Waals surface area contributed by atoms with Crippen molar-refractivity contribution in [2.75, 3.05) is 20.1 Å². The van der Waals surface area contributed by atoms with Gasteiger partial charge in [0.25, 0.3) is 0 Å². The van der Waals surface area contributed by atoms with Crippen LogP contribution in [0, 0.1) is 6.92 Å². The summed E-state index contributed by atoms with van der Waals surface area (Å²) in [6.45, 7) is 13.3. The van der Waals surface area contributed by atoms with Crippen LogP contribution < -0.4 is 10.6 Å². The highest BCUT2D eigenvalue weighted by Gasteiger charge is 2.12. The molecule has 0 unspecified atom stereocenters. The number of nitrogens with zero attached hydrogens (tertiary/aromatic N) is 5. The minimum absolute atomic E-state index is 0.540. The van der Waals surface area contributed by atoms with Crippen molar-refractivity contribution >= 4 is 5.96 Å². The monoisotopic (exact) mass is 309 g/mol. The molecule has 0 aliphatic rings. The standard InChI is InChI=1S/C15H31N7/c1-11(2)22(12(3)4)9-8-17-15(16-6)18-10-14-20-19-13(5)21(14)7/h11-12H,8-10H2,1-7H3,(H2,16,17,18). The van der Waals surface area contributed by atoms with Gasteiger partial charge in [0.1, 0.15) is 5.82 Å². The Balaban J connectivity index is 2.41. The maximum Gasteiger partial charge on any atom is 0.191 e. The average molecular weight is 309 g/mol. The summed E-state index contributed by atoms with van der Waals surface area (Å²) in [5.41, 5.74) is 0. The Bertz CT molecular complexity index is 468. The molecule has 0 aromatic carbocycles. The summed E-state index contributed by atoms with van der Waals surface area (Å²) in [5.74, 6) is 2.59. The van der Waals surface area contributed by atoms with Gasteiger partial charge < -0.3 is 15.2 Å². The van der Waals surface area contributed by atoms with Crippen molar-refractivity contribution in [2.24, 2.45) is 12.0 Å². The van der Waals surface area contributed by atoms with Crippen LogP contribution in [-0.4, -0.2) is 57.8 Å². The van der Waals surface area contributed by atoms with Gasteiger partial charge in [-0.05, 0) is 34.6 Å². The maximum absolute atomic E-state index is 4.24. The van der Waals surface area contributed by atoms with Crippen LogP contribution in [0.2, 0.25) is 0 Å². The van der Waals surface area contributed by atoms with Gasteiger partial charge in [-0.25, -0.2) is 0 Å². The normalized spacial score (nSPS) is 12.5. The molecule has 0 amide bonds. The molecule has 1 aromatic heterocycles. The van der Waals surface area contributed by atoms with Crippen LogP contribution in [0.4, 0.5) is 0 Å². The van der Waals surface area contributed by atoms with E-state index in [9.17, 15) is 0 Å². The van der Waals surface area contributed by atoms with E-state index in [1.54, 1.807) is 7.05 Å². The highest BCUT2D eigenvalue weighted by atomic mass is 15.3. The van der Waals surface area contributed by atoms with E-state index in [-0.39, 0.29) is 0 Å². The number of guanidine groups is 1. The van der Waals surface area contributed by atoms with Gasteiger partial charge in [-0.15, -0.1) is 10.2 Å². The Morgan fingerprint density at radius 1 is 1.18 bits per heavy atom. The van der Waals surface area contributed by atoms with Crippen molar-refractivity contribution < 1.29 is 0 Å². The zero-order valence-corrected chi connectivity index (χ0v) is 15.0. The summed E-state index contributed by atoms with van der Waals surface area (Å²) < 4.78 is 1.97. The molecule has 126 valence electrons. The van der Waals surface area contributed by atoms with Crippen molar-refractivity contribution in [3.63, 3.8) is 0 Å². The van der Waals surface area contributed by atoms with Gasteiger partial charge in [-0.1, -0.05) is 0 Å². The summed E-state index contributed by atoms with van der Waals surface area (Å²) in [6, 6.07) is 1.08. The second-order valence-corrected chi connectivity index (χ2v) is 6.00. The SMILES string of the molecule is CN=C(NCCN(C(C)C)C(C)C)NCc1nnc(C)n1C. The molecular formula is C15H31N7. The van der Waals surface area contributed by atoms with Gasteiger partial charge in [0, 0.05) is 39.3 Å². The number of aromatic nitrogens is 3. The summed E-state index contributed by atoms with van der Waals surface area (Å²) >= 11 is 0. The molecule has 0 saturated heterocycles. The fraction of sp³-hybridized carbons (Fsp3) is 0.800. The Labute approximate surface area is 134 Å². The van der Waals surface area contributed by atoms with E-state index < -0.39 is 0 Å². The fourth-order valence-corrected chi connectivity index (χ4v) is 2.40. The zero-order chi connectivity index (χ0) is 16.7. The van der Waals surface area contributed by atoms with E-state index in [1.165, 1.54) is 0 Å². The molecule has 7 heteroatoms. The lowest BCUT2D eigenvalue weighted by Crippen LogP contribution is -2.45. The predicted octanol–water partition coefficient (Wildman–Crippen LogP) is 0.907. The number of aryl methyl sites for hydroxylation is 1. The smallest absolute Gasteiger partial charge is 0.191 e. The molecule has 0 atom stereocenters. The van der Waals surface area contributed by atoms with Crippen LogP contribution in [0.25, 0.3) is 0 Å². The minimum atomic E-state index is 0.540. The topological polar surface area (TPSA) is 70.4 Å². The van der Waals surface area contributed by atoms with Crippen molar-refractivity contribution in [1.29, 1.82) is 0 Å². The Hall–Kier alpha value is -1.63. The maximum atomic E-state index is 4.24. The summed E-state index contributed by atoms with van der Waals surface area (Å²) in [6.07, 6.45) is 0. The van der Waals surface area contributed by atoms with Crippen LogP contribution in [0.3, 0.4) is 0 Å². The molecule has 0 saturated carbocycles. The van der Waals surface area contributed by atoms with E-state index >= 15 is 0 Å². The van der Waals surface area contributed by atoms with Crippen molar-refractivity contribution in [2.45, 2.75) is 53.2 Å². The molecule has 1 aromatic rings. The first-order chi connectivity index (χ1) is 10.4. The fourth-order valence-electron chi connectivity index (χ4n) is 2.40. The van der Waals surface area contributed by atoms with Crippen LogP contribution in [0.5, 0.6) is 0 Å². The Morgan fingerprint density at radius 3 is 2.27 bits per heavy atom. The van der Waals surface area contributed by atoms with Crippen molar-refractivity contribution in [1.82, 2.24) is 30.3 Å². The average Bonchev–Trinajstić information content (AvgIpc) is 2.77. The lowest BCUT2D eigenvalue weighted by Gasteiger charge is -2.30. The summed E-state index contributed by atoms with van der Waals surface area (Å²) in [4.78, 5) is 6.70. The van der Waals surface area contributed by atoms with Gasteiger partial charge in [0.05, 0.1) is 6.54 Å². The lowest BCUT2D eigenvalue weighted by molar-refractivity contribution is 0.178. The molecule has 7 nitrogen and oxygen atoms in total. The van der Waals surface area contributed by atoms with Crippen molar-refractivity contribution in [3.05, 3.63) is 11.6 Å². The highest BCUT2D eigenvalue weighted by Crippen LogP contribution is 2.03. The Morgan fingerprint density at radius 2 is 1.82 bits per heavy atom. The molecule has 1 heterocycles. The molecule has 1 rings (SSSR count). The van der Waals surface area contributed by atoms with E-state index in [1.807, 2.05) is 18.5 Å². The van der Waals surface area contributed by atoms with Gasteiger partial charge in [-0.3, -0.25) is 9.89 Å². The number of aliphatic imine (C=N–C) groups is 1. The molecule has 0 bridgehead atoms. The van der Waals surface area contributed by atoms with Crippen LogP contribution in [0.1, 0.15) is 39.3 Å². The first-order valence-electron chi connectivity index (χ1n) is 7.92. The minimum Gasteiger partial charge on any atom is -0.355 e. The molecule has 22 heavy (non-hydrogen) atoms. The zero-order valence-electron chi connectivity index (χ0n) is 15.0. The molecule has 0 aliphatic carbocycles. The highest BCUT2D eigenvalue weighted by molar-refractivity contribution is 5.79. The molecule has 0 spiro atoms. The molecule has 0 fully saturated rings. The van der Waals surface area contributed by atoms with Crippen LogP contribution in [0.15, 0.2) is 4.99 Å². The first-order valence-corrected chi connectivity index (χ1v) is 7.92. The van der Waals surface area contributed by atoms with Gasteiger partial charge >= 0.3 is 0 Å². The second-order valence-electron chi connectivity index (χ2n) is 6.00. The van der Waals surface area contributed by atoms with E-state index in [2.05, 4.69) is 58.4 Å². The predicted molar refractivity (Wildman–Crippen MR) is 90.9 cm³/mol. The number of rotatable bonds is 7. The third-order valence-electron chi connectivity index (χ3n) is 3.81. The van der Waals surface area contributed by atoms with Crippen LogP contribution in [-0.2, 0) is 13.6 Å². The van der Waals surface area contributed by atoms with Gasteiger partial charge in [0.2, 0.25) is 0 Å². The Kier molecular flexibility index (Phi) is 7.31. The van der Waals surface area contributed by atoms with E-state index in [4.69, 9.17) is 0 Å². The summed E-state index contributed by atoms with van der Waals surface area (Å²) in [7, 11) is 3.74. The van der Waals surface area contributed by atoms with Crippen LogP contribution >= 0.6 is 0 Å². The largest absolute Gasteiger partial charge is 0.355 e.